The van der Waals surface area contributed by atoms with E-state index in [0.29, 0.717) is 0 Å². The summed E-state index contributed by atoms with van der Waals surface area (Å²) in [4.78, 5) is 0. The first-order valence-corrected chi connectivity index (χ1v) is 3.73. The molecule has 1 aromatic rings. The minimum Gasteiger partial charge on any atom is -0.361 e. The highest BCUT2D eigenvalue weighted by atomic mass is 14.8. The van der Waals surface area contributed by atoms with Gasteiger partial charge < -0.3 is 5.32 Å². The van der Waals surface area contributed by atoms with Gasteiger partial charge >= 0.3 is 0 Å². The molecule has 0 amide bonds. The summed E-state index contributed by atoms with van der Waals surface area (Å²) in [5.41, 5.74) is 2.65. The van der Waals surface area contributed by atoms with Crippen LogP contribution in [0.3, 0.4) is 0 Å². The number of benzene rings is 1. The van der Waals surface area contributed by atoms with Crippen molar-refractivity contribution in [2.75, 3.05) is 5.32 Å². The number of nitrogens with one attached hydrogen (secondary N) is 1. The summed E-state index contributed by atoms with van der Waals surface area (Å²) < 4.78 is 0. The third-order valence-electron chi connectivity index (χ3n) is 2.13. The topological polar surface area (TPSA) is 12.0 Å². The third-order valence-corrected chi connectivity index (χ3v) is 2.13. The molecule has 0 spiro atoms. The van der Waals surface area contributed by atoms with Crippen molar-refractivity contribution >= 4 is 17.8 Å². The molecule has 1 heteroatoms. The number of hydrogen-bond acceptors (Lipinski definition) is 1. The zero-order valence-electron chi connectivity index (χ0n) is 5.96. The Morgan fingerprint density at radius 3 is 3.00 bits per heavy atom. The van der Waals surface area contributed by atoms with Crippen molar-refractivity contribution in [2.24, 2.45) is 0 Å². The molecule has 1 heterocycles. The Kier molecular flexibility index (Phi) is 0.737. The zero-order valence-corrected chi connectivity index (χ0v) is 5.96. The Balaban J connectivity index is 2.45. The van der Waals surface area contributed by atoms with Crippen LogP contribution in [0.5, 0.6) is 0 Å². The minimum atomic E-state index is 1.27. The maximum Gasteiger partial charge on any atom is 0.0533 e. The Labute approximate surface area is 64.4 Å². The van der Waals surface area contributed by atoms with E-state index in [1.54, 1.807) is 0 Å². The highest BCUT2D eigenvalue weighted by Gasteiger charge is 2.11. The van der Waals surface area contributed by atoms with Crippen LogP contribution >= 0.6 is 0 Å². The van der Waals surface area contributed by atoms with E-state index in [1.807, 2.05) is 12.3 Å². The van der Waals surface area contributed by atoms with Gasteiger partial charge in [0, 0.05) is 11.8 Å². The van der Waals surface area contributed by atoms with E-state index in [4.69, 9.17) is 0 Å². The molecule has 0 saturated heterocycles. The molecule has 1 aliphatic heterocycles. The van der Waals surface area contributed by atoms with E-state index >= 15 is 0 Å². The van der Waals surface area contributed by atoms with Crippen molar-refractivity contribution in [1.29, 1.82) is 0 Å². The minimum absolute atomic E-state index is 1.27. The molecule has 1 N–H and O–H groups in total. The summed E-state index contributed by atoms with van der Waals surface area (Å²) in [6.45, 7) is 0. The largest absolute Gasteiger partial charge is 0.361 e. The van der Waals surface area contributed by atoms with Gasteiger partial charge in [-0.15, -0.1) is 0 Å². The fourth-order valence-electron chi connectivity index (χ4n) is 1.48. The average molecular weight is 141 g/mol. The Bertz CT molecular complexity index is 466. The lowest BCUT2D eigenvalue weighted by Crippen LogP contribution is -2.12. The van der Waals surface area contributed by atoms with Crippen molar-refractivity contribution in [3.63, 3.8) is 0 Å². The van der Waals surface area contributed by atoms with Gasteiger partial charge in [-0.3, -0.25) is 0 Å². The Morgan fingerprint density at radius 1 is 1.09 bits per heavy atom. The number of anilines is 1. The summed E-state index contributed by atoms with van der Waals surface area (Å²) in [5, 5.41) is 5.91. The van der Waals surface area contributed by atoms with Gasteiger partial charge in [0.15, 0.2) is 0 Å². The summed E-state index contributed by atoms with van der Waals surface area (Å²) >= 11 is 0. The van der Waals surface area contributed by atoms with Gasteiger partial charge in [0.05, 0.1) is 5.69 Å². The van der Waals surface area contributed by atoms with Crippen LogP contribution < -0.4 is 15.8 Å². The molecule has 1 aliphatic carbocycles. The quantitative estimate of drug-likeness (QED) is 0.565. The van der Waals surface area contributed by atoms with Crippen molar-refractivity contribution < 1.29 is 0 Å². The lowest BCUT2D eigenvalue weighted by Gasteiger charge is -2.04. The second-order valence-corrected chi connectivity index (χ2v) is 2.85. The molecule has 0 fully saturated rings. The highest BCUT2D eigenvalue weighted by molar-refractivity contribution is 5.81. The van der Waals surface area contributed by atoms with E-state index < -0.39 is 0 Å². The summed E-state index contributed by atoms with van der Waals surface area (Å²) in [6.07, 6.45) is 8.31. The first-order chi connectivity index (χ1) is 5.45. The molecule has 0 unspecified atom stereocenters. The lowest BCUT2D eigenvalue weighted by atomic mass is 10.2. The molecule has 0 saturated carbocycles. The number of fused-ring (bicyclic) bond motifs is 3. The van der Waals surface area contributed by atoms with E-state index in [1.165, 1.54) is 21.7 Å². The SMILES string of the molecule is C1=CNc2c3c(ccc2=C1)=C3. The molecule has 2 aliphatic rings. The molecule has 0 atom stereocenters. The lowest BCUT2D eigenvalue weighted by molar-refractivity contribution is 1.50. The molecular weight excluding hydrogens is 134 g/mol. The van der Waals surface area contributed by atoms with Crippen LogP contribution in [0.25, 0.3) is 12.2 Å². The van der Waals surface area contributed by atoms with E-state index in [-0.39, 0.29) is 0 Å². The van der Waals surface area contributed by atoms with Crippen LogP contribution in [0.15, 0.2) is 24.4 Å². The van der Waals surface area contributed by atoms with Crippen LogP contribution in [0.4, 0.5) is 5.69 Å². The molecule has 0 radical (unpaired) electrons. The van der Waals surface area contributed by atoms with E-state index in [9.17, 15) is 0 Å². The van der Waals surface area contributed by atoms with Crippen LogP contribution in [0.2, 0.25) is 0 Å². The second-order valence-electron chi connectivity index (χ2n) is 2.85. The fraction of sp³-hybridized carbons (Fsp3) is 0. The molecule has 11 heavy (non-hydrogen) atoms. The summed E-state index contributed by atoms with van der Waals surface area (Å²) in [6, 6.07) is 4.31. The first kappa shape index (κ1) is 5.19. The highest BCUT2D eigenvalue weighted by Crippen LogP contribution is 2.15. The monoisotopic (exact) mass is 141 g/mol. The number of allylic oxidation sites excluding steroid dienone is 1. The normalized spacial score (nSPS) is 15.3. The van der Waals surface area contributed by atoms with Crippen molar-refractivity contribution in [1.82, 2.24) is 0 Å². The first-order valence-electron chi connectivity index (χ1n) is 3.73. The summed E-state index contributed by atoms with van der Waals surface area (Å²) in [5.74, 6) is 0. The van der Waals surface area contributed by atoms with Gasteiger partial charge in [0.25, 0.3) is 0 Å². The molecular formula is C10H7N. The van der Waals surface area contributed by atoms with Gasteiger partial charge in [-0.25, -0.2) is 0 Å². The van der Waals surface area contributed by atoms with Gasteiger partial charge in [0.2, 0.25) is 0 Å². The maximum absolute atomic E-state index is 3.24. The maximum atomic E-state index is 3.24. The molecule has 1 nitrogen and oxygen atoms in total. The molecule has 0 bridgehead atoms. The number of hydrogen-bond donors (Lipinski definition) is 1. The Morgan fingerprint density at radius 2 is 2.00 bits per heavy atom. The molecule has 52 valence electrons. The number of rotatable bonds is 0. The van der Waals surface area contributed by atoms with E-state index in [2.05, 4.69) is 29.6 Å². The molecule has 1 aromatic carbocycles. The van der Waals surface area contributed by atoms with Gasteiger partial charge in [-0.05, 0) is 22.6 Å². The standard InChI is InChI=1S/C10H7N/c1-2-7-3-4-8-6-9(8)10(7)11-5-1/h1-6,11H. The van der Waals surface area contributed by atoms with Crippen LogP contribution in [-0.2, 0) is 0 Å². The molecule has 0 aromatic heterocycles. The summed E-state index contributed by atoms with van der Waals surface area (Å²) in [7, 11) is 0. The smallest absolute Gasteiger partial charge is 0.0533 e. The predicted molar refractivity (Wildman–Crippen MR) is 46.5 cm³/mol. The van der Waals surface area contributed by atoms with E-state index in [0.717, 1.165) is 0 Å². The van der Waals surface area contributed by atoms with Crippen LogP contribution in [0.1, 0.15) is 5.56 Å². The van der Waals surface area contributed by atoms with Gasteiger partial charge in [-0.1, -0.05) is 18.2 Å². The van der Waals surface area contributed by atoms with Gasteiger partial charge in [0.1, 0.15) is 0 Å². The second kappa shape index (κ2) is 1.56. The average Bonchev–Trinajstić information content (AvgIpc) is 2.83. The van der Waals surface area contributed by atoms with Crippen molar-refractivity contribution in [3.8, 4) is 0 Å². The Hall–Kier alpha value is -1.50. The fourth-order valence-corrected chi connectivity index (χ4v) is 1.48. The molecule has 3 rings (SSSR count). The van der Waals surface area contributed by atoms with Crippen LogP contribution in [0, 0.1) is 0 Å². The predicted octanol–water partition coefficient (Wildman–Crippen LogP) is 0.548. The van der Waals surface area contributed by atoms with Crippen molar-refractivity contribution in [3.05, 3.63) is 40.4 Å². The van der Waals surface area contributed by atoms with Gasteiger partial charge in [-0.2, -0.15) is 0 Å². The van der Waals surface area contributed by atoms with Crippen LogP contribution in [-0.4, -0.2) is 0 Å². The zero-order chi connectivity index (χ0) is 7.26. The van der Waals surface area contributed by atoms with Crippen molar-refractivity contribution in [2.45, 2.75) is 0 Å². The third kappa shape index (κ3) is 0.598.